The summed E-state index contributed by atoms with van der Waals surface area (Å²) in [5.41, 5.74) is 4.36. The van der Waals surface area contributed by atoms with Crippen LogP contribution < -0.4 is 5.46 Å². The lowest BCUT2D eigenvalue weighted by atomic mass is 9.78. The summed E-state index contributed by atoms with van der Waals surface area (Å²) in [6.45, 7) is 8.25. The highest BCUT2D eigenvalue weighted by Crippen LogP contribution is 2.39. The molecule has 0 atom stereocenters. The lowest BCUT2D eigenvalue weighted by molar-refractivity contribution is 0.00578. The Labute approximate surface area is 240 Å². The van der Waals surface area contributed by atoms with E-state index in [2.05, 4.69) is 33.8 Å². The number of hydrogen-bond acceptors (Lipinski definition) is 6. The van der Waals surface area contributed by atoms with E-state index < -0.39 is 18.3 Å². The molecule has 4 aromatic carbocycles. The highest BCUT2D eigenvalue weighted by molar-refractivity contribution is 6.62. The Hall–Kier alpha value is -4.33. The Morgan fingerprint density at radius 2 is 1.15 bits per heavy atom. The highest BCUT2D eigenvalue weighted by Gasteiger charge is 2.51. The van der Waals surface area contributed by atoms with Gasteiger partial charge in [0, 0.05) is 27.5 Å². The molecule has 1 fully saturated rings. The summed E-state index contributed by atoms with van der Waals surface area (Å²) in [5.74, 6) is 1.82. The average Bonchev–Trinajstić information content (AvgIpc) is 3.45. The van der Waals surface area contributed by atoms with E-state index in [4.69, 9.17) is 28.7 Å². The van der Waals surface area contributed by atoms with Crippen LogP contribution in [0.4, 0.5) is 0 Å². The molecule has 1 saturated heterocycles. The van der Waals surface area contributed by atoms with Crippen molar-refractivity contribution in [3.63, 3.8) is 0 Å². The van der Waals surface area contributed by atoms with Gasteiger partial charge >= 0.3 is 7.12 Å². The highest BCUT2D eigenvalue weighted by atomic mass is 16.7. The standard InChI is InChI=1S/C33H28BN3O3.CH4/c1-32(2)33(3,4)40-34(39-32)23-18-19-26-25(20-23)28-24(16-11-17-27(28)38-26)31-36-29(21-12-7-5-8-13-21)35-30(37-31)22-14-9-6-10-15-22;/h5-20H,1-4H3;1H4. The fourth-order valence-electron chi connectivity index (χ4n) is 5.09. The van der Waals surface area contributed by atoms with Crippen molar-refractivity contribution in [3.8, 4) is 34.2 Å². The molecule has 0 bridgehead atoms. The minimum absolute atomic E-state index is 0. The van der Waals surface area contributed by atoms with Crippen LogP contribution in [0.15, 0.2) is 101 Å². The Morgan fingerprint density at radius 3 is 1.73 bits per heavy atom. The van der Waals surface area contributed by atoms with Gasteiger partial charge in [0.1, 0.15) is 11.2 Å². The molecule has 0 N–H and O–H groups in total. The molecule has 1 aliphatic heterocycles. The predicted molar refractivity (Wildman–Crippen MR) is 166 cm³/mol. The smallest absolute Gasteiger partial charge is 0.456 e. The number of rotatable bonds is 4. The van der Waals surface area contributed by atoms with Gasteiger partial charge in [0.15, 0.2) is 17.5 Å². The van der Waals surface area contributed by atoms with Crippen molar-refractivity contribution >= 4 is 34.5 Å². The largest absolute Gasteiger partial charge is 0.494 e. The van der Waals surface area contributed by atoms with Crippen LogP contribution in [0.25, 0.3) is 56.1 Å². The summed E-state index contributed by atoms with van der Waals surface area (Å²) in [4.78, 5) is 14.8. The monoisotopic (exact) mass is 541 g/mol. The third-order valence-corrected chi connectivity index (χ3v) is 7.98. The van der Waals surface area contributed by atoms with Gasteiger partial charge in [0.2, 0.25) is 0 Å². The maximum absolute atomic E-state index is 6.35. The van der Waals surface area contributed by atoms with Gasteiger partial charge in [-0.2, -0.15) is 0 Å². The van der Waals surface area contributed by atoms with Crippen molar-refractivity contribution in [2.75, 3.05) is 0 Å². The van der Waals surface area contributed by atoms with Gasteiger partial charge in [-0.25, -0.2) is 15.0 Å². The minimum Gasteiger partial charge on any atom is -0.456 e. The van der Waals surface area contributed by atoms with Gasteiger partial charge in [-0.3, -0.25) is 0 Å². The fourth-order valence-corrected chi connectivity index (χ4v) is 5.09. The van der Waals surface area contributed by atoms with E-state index in [0.29, 0.717) is 17.5 Å². The first kappa shape index (κ1) is 26.9. The van der Waals surface area contributed by atoms with E-state index >= 15 is 0 Å². The zero-order valence-corrected chi connectivity index (χ0v) is 22.9. The van der Waals surface area contributed by atoms with Crippen molar-refractivity contribution in [1.29, 1.82) is 0 Å². The van der Waals surface area contributed by atoms with Crippen molar-refractivity contribution in [2.45, 2.75) is 46.3 Å². The molecule has 3 heterocycles. The Bertz CT molecular complexity index is 1790. The zero-order chi connectivity index (χ0) is 27.5. The summed E-state index contributed by atoms with van der Waals surface area (Å²) in [5, 5.41) is 1.90. The molecule has 0 unspecified atom stereocenters. The second kappa shape index (κ2) is 9.94. The first-order chi connectivity index (χ1) is 19.3. The van der Waals surface area contributed by atoms with E-state index in [1.165, 1.54) is 0 Å². The third-order valence-electron chi connectivity index (χ3n) is 7.98. The molecule has 0 amide bonds. The van der Waals surface area contributed by atoms with Crippen molar-refractivity contribution < 1.29 is 13.7 Å². The van der Waals surface area contributed by atoms with Crippen LogP contribution in [-0.4, -0.2) is 33.3 Å². The molecule has 204 valence electrons. The van der Waals surface area contributed by atoms with Crippen molar-refractivity contribution in [3.05, 3.63) is 97.1 Å². The molecule has 41 heavy (non-hydrogen) atoms. The fraction of sp³-hybridized carbons (Fsp3) is 0.206. The molecular formula is C34H32BN3O3. The third kappa shape index (κ3) is 4.61. The summed E-state index contributed by atoms with van der Waals surface area (Å²) in [6, 6.07) is 32.1. The van der Waals surface area contributed by atoms with E-state index in [-0.39, 0.29) is 7.43 Å². The second-order valence-electron chi connectivity index (χ2n) is 11.2. The molecule has 1 aliphatic rings. The van der Waals surface area contributed by atoms with E-state index in [0.717, 1.165) is 44.1 Å². The lowest BCUT2D eigenvalue weighted by Crippen LogP contribution is -2.41. The number of nitrogens with zero attached hydrogens (tertiary/aromatic N) is 3. The van der Waals surface area contributed by atoms with E-state index in [1.807, 2.05) is 91.0 Å². The first-order valence-corrected chi connectivity index (χ1v) is 13.5. The van der Waals surface area contributed by atoms with Gasteiger partial charge in [0.05, 0.1) is 11.2 Å². The predicted octanol–water partition coefficient (Wildman–Crippen LogP) is 7.71. The van der Waals surface area contributed by atoms with Gasteiger partial charge in [-0.1, -0.05) is 92.4 Å². The molecule has 2 aromatic heterocycles. The average molecular weight is 541 g/mol. The Kier molecular flexibility index (Phi) is 6.52. The van der Waals surface area contributed by atoms with Crippen molar-refractivity contribution in [1.82, 2.24) is 15.0 Å². The zero-order valence-electron chi connectivity index (χ0n) is 22.9. The molecule has 6 nitrogen and oxygen atoms in total. The van der Waals surface area contributed by atoms with Gasteiger partial charge < -0.3 is 13.7 Å². The number of fused-ring (bicyclic) bond motifs is 3. The summed E-state index contributed by atoms with van der Waals surface area (Å²) in [7, 11) is -0.474. The number of hydrogen-bond donors (Lipinski definition) is 0. The topological polar surface area (TPSA) is 70.3 Å². The van der Waals surface area contributed by atoms with Gasteiger partial charge in [-0.15, -0.1) is 0 Å². The number of furan rings is 1. The minimum atomic E-state index is -0.474. The molecular weight excluding hydrogens is 509 g/mol. The van der Waals surface area contributed by atoms with Crippen LogP contribution in [-0.2, 0) is 9.31 Å². The quantitative estimate of drug-likeness (QED) is 0.213. The number of aromatic nitrogens is 3. The van der Waals surface area contributed by atoms with E-state index in [9.17, 15) is 0 Å². The molecule has 0 saturated carbocycles. The maximum atomic E-state index is 6.35. The van der Waals surface area contributed by atoms with Gasteiger partial charge in [0.25, 0.3) is 0 Å². The molecule has 7 heteroatoms. The van der Waals surface area contributed by atoms with E-state index in [1.54, 1.807) is 0 Å². The molecule has 6 aromatic rings. The Morgan fingerprint density at radius 1 is 0.585 bits per heavy atom. The Balaban J connectivity index is 0.00000302. The van der Waals surface area contributed by atoms with Crippen LogP contribution in [0, 0.1) is 0 Å². The van der Waals surface area contributed by atoms with Crippen LogP contribution in [0.5, 0.6) is 0 Å². The van der Waals surface area contributed by atoms with Crippen LogP contribution in [0.2, 0.25) is 0 Å². The lowest BCUT2D eigenvalue weighted by Gasteiger charge is -2.32. The molecule has 0 aliphatic carbocycles. The maximum Gasteiger partial charge on any atom is 0.494 e. The summed E-state index contributed by atoms with van der Waals surface area (Å²) < 4.78 is 19.0. The van der Waals surface area contributed by atoms with Gasteiger partial charge in [-0.05, 0) is 45.3 Å². The summed E-state index contributed by atoms with van der Waals surface area (Å²) >= 11 is 0. The molecule has 0 spiro atoms. The SMILES string of the molecule is C.CC1(C)OB(c2ccc3oc4cccc(-c5nc(-c6ccccc6)nc(-c6ccccc6)n5)c4c3c2)OC1(C)C. The van der Waals surface area contributed by atoms with Crippen molar-refractivity contribution in [2.24, 2.45) is 0 Å². The summed E-state index contributed by atoms with van der Waals surface area (Å²) in [6.07, 6.45) is 0. The van der Waals surface area contributed by atoms with Crippen LogP contribution >= 0.6 is 0 Å². The first-order valence-electron chi connectivity index (χ1n) is 13.5. The normalized spacial score (nSPS) is 15.8. The van der Waals surface area contributed by atoms with Crippen LogP contribution in [0.1, 0.15) is 35.1 Å². The molecule has 7 rings (SSSR count). The molecule has 0 radical (unpaired) electrons. The second-order valence-corrected chi connectivity index (χ2v) is 11.2. The number of benzene rings is 4. The van der Waals surface area contributed by atoms with Crippen LogP contribution in [0.3, 0.4) is 0 Å².